The number of benzene rings is 3. The second-order valence-electron chi connectivity index (χ2n) is 6.22. The molecule has 0 unspecified atom stereocenters. The summed E-state index contributed by atoms with van der Waals surface area (Å²) in [6.45, 7) is 0. The maximum Gasteiger partial charge on any atom is 0.269 e. The summed E-state index contributed by atoms with van der Waals surface area (Å²) in [6.07, 6.45) is 3.41. The largest absolute Gasteiger partial charge is 0.273 e. The number of amides is 2. The highest BCUT2D eigenvalue weighted by atomic mass is 16.2. The summed E-state index contributed by atoms with van der Waals surface area (Å²) in [7, 11) is 0. The summed E-state index contributed by atoms with van der Waals surface area (Å²) in [5.74, 6) is -0.703. The SMILES string of the molecule is O=C(Cc1cccc2ccccc12)NNC(=O)c1cccc(-n2ccnn2)c1. The lowest BCUT2D eigenvalue weighted by atomic mass is 10.0. The van der Waals surface area contributed by atoms with E-state index < -0.39 is 5.91 Å². The molecule has 3 aromatic carbocycles. The number of aromatic nitrogens is 3. The molecule has 28 heavy (non-hydrogen) atoms. The molecular formula is C21H17N5O2. The van der Waals surface area contributed by atoms with Gasteiger partial charge in [-0.3, -0.25) is 20.4 Å². The smallest absolute Gasteiger partial charge is 0.269 e. The average Bonchev–Trinajstić information content (AvgIpc) is 3.27. The Kier molecular flexibility index (Phi) is 4.79. The summed E-state index contributed by atoms with van der Waals surface area (Å²) in [4.78, 5) is 24.7. The van der Waals surface area contributed by atoms with Gasteiger partial charge in [0.1, 0.15) is 0 Å². The maximum atomic E-state index is 12.4. The van der Waals surface area contributed by atoms with E-state index in [-0.39, 0.29) is 12.3 Å². The van der Waals surface area contributed by atoms with Crippen molar-refractivity contribution in [3.8, 4) is 5.69 Å². The Labute approximate surface area is 161 Å². The van der Waals surface area contributed by atoms with Gasteiger partial charge >= 0.3 is 0 Å². The van der Waals surface area contributed by atoms with E-state index in [9.17, 15) is 9.59 Å². The summed E-state index contributed by atoms with van der Waals surface area (Å²) in [5.41, 5.74) is 6.93. The van der Waals surface area contributed by atoms with Crippen LogP contribution >= 0.6 is 0 Å². The zero-order valence-corrected chi connectivity index (χ0v) is 14.9. The van der Waals surface area contributed by atoms with Crippen LogP contribution in [-0.4, -0.2) is 26.8 Å². The van der Waals surface area contributed by atoms with E-state index in [2.05, 4.69) is 21.2 Å². The van der Waals surface area contributed by atoms with Crippen LogP contribution in [0.4, 0.5) is 0 Å². The van der Waals surface area contributed by atoms with Gasteiger partial charge in [-0.15, -0.1) is 5.10 Å². The van der Waals surface area contributed by atoms with E-state index in [1.165, 1.54) is 0 Å². The molecule has 0 aliphatic rings. The van der Waals surface area contributed by atoms with Crippen LogP contribution in [0.15, 0.2) is 79.1 Å². The van der Waals surface area contributed by atoms with Gasteiger partial charge in [-0.2, -0.15) is 0 Å². The van der Waals surface area contributed by atoms with Crippen molar-refractivity contribution in [1.82, 2.24) is 25.8 Å². The maximum absolute atomic E-state index is 12.4. The molecule has 0 aliphatic heterocycles. The first-order chi connectivity index (χ1) is 13.7. The molecule has 0 atom stereocenters. The lowest BCUT2D eigenvalue weighted by molar-refractivity contribution is -0.121. The van der Waals surface area contributed by atoms with E-state index >= 15 is 0 Å². The summed E-state index contributed by atoms with van der Waals surface area (Å²) < 4.78 is 1.55. The van der Waals surface area contributed by atoms with E-state index in [0.717, 1.165) is 16.3 Å². The molecule has 0 bridgehead atoms. The fraction of sp³-hybridized carbons (Fsp3) is 0.0476. The van der Waals surface area contributed by atoms with Crippen molar-refractivity contribution in [3.05, 3.63) is 90.3 Å². The van der Waals surface area contributed by atoms with Crippen LogP contribution in [-0.2, 0) is 11.2 Å². The number of carbonyl (C=O) groups excluding carboxylic acids is 2. The third-order valence-electron chi connectivity index (χ3n) is 4.34. The van der Waals surface area contributed by atoms with Crippen LogP contribution < -0.4 is 10.9 Å². The quantitative estimate of drug-likeness (QED) is 0.539. The highest BCUT2D eigenvalue weighted by Crippen LogP contribution is 2.18. The lowest BCUT2D eigenvalue weighted by Crippen LogP contribution is -2.42. The van der Waals surface area contributed by atoms with Gasteiger partial charge in [-0.25, -0.2) is 4.68 Å². The second kappa shape index (κ2) is 7.71. The van der Waals surface area contributed by atoms with Gasteiger partial charge in [0.25, 0.3) is 5.91 Å². The molecule has 7 heteroatoms. The van der Waals surface area contributed by atoms with Crippen molar-refractivity contribution in [1.29, 1.82) is 0 Å². The standard InChI is InChI=1S/C21H17N5O2/c27-20(14-16-7-3-6-15-5-1-2-10-19(15)16)23-24-21(28)17-8-4-9-18(13-17)26-12-11-22-25-26/h1-13H,14H2,(H,23,27)(H,24,28). The van der Waals surface area contributed by atoms with Gasteiger partial charge in [0.15, 0.2) is 0 Å². The van der Waals surface area contributed by atoms with E-state index in [1.807, 2.05) is 48.5 Å². The van der Waals surface area contributed by atoms with E-state index in [4.69, 9.17) is 0 Å². The van der Waals surface area contributed by atoms with E-state index in [0.29, 0.717) is 11.3 Å². The average molecular weight is 371 g/mol. The minimum Gasteiger partial charge on any atom is -0.273 e. The van der Waals surface area contributed by atoms with E-state index in [1.54, 1.807) is 35.3 Å². The predicted octanol–water partition coefficient (Wildman–Crippen LogP) is 2.42. The fourth-order valence-corrected chi connectivity index (χ4v) is 3.00. The van der Waals surface area contributed by atoms with Gasteiger partial charge < -0.3 is 0 Å². The Morgan fingerprint density at radius 3 is 2.61 bits per heavy atom. The first-order valence-electron chi connectivity index (χ1n) is 8.73. The van der Waals surface area contributed by atoms with Crippen molar-refractivity contribution in [2.24, 2.45) is 0 Å². The third-order valence-corrected chi connectivity index (χ3v) is 4.34. The number of hydrogen-bond donors (Lipinski definition) is 2. The first kappa shape index (κ1) is 17.4. The molecule has 1 heterocycles. The van der Waals surface area contributed by atoms with Crippen LogP contribution in [0.3, 0.4) is 0 Å². The summed E-state index contributed by atoms with van der Waals surface area (Å²) >= 11 is 0. The second-order valence-corrected chi connectivity index (χ2v) is 6.22. The molecule has 4 aromatic rings. The Morgan fingerprint density at radius 1 is 0.929 bits per heavy atom. The van der Waals surface area contributed by atoms with Gasteiger partial charge in [0, 0.05) is 5.56 Å². The lowest BCUT2D eigenvalue weighted by Gasteiger charge is -2.10. The van der Waals surface area contributed by atoms with Crippen molar-refractivity contribution in [2.45, 2.75) is 6.42 Å². The number of carbonyl (C=O) groups is 2. The van der Waals surface area contributed by atoms with Crippen molar-refractivity contribution in [3.63, 3.8) is 0 Å². The van der Waals surface area contributed by atoms with Gasteiger partial charge in [0.2, 0.25) is 5.91 Å². The van der Waals surface area contributed by atoms with Crippen molar-refractivity contribution < 1.29 is 9.59 Å². The normalized spacial score (nSPS) is 10.6. The molecule has 0 saturated heterocycles. The molecular weight excluding hydrogens is 354 g/mol. The monoisotopic (exact) mass is 371 g/mol. The molecule has 4 rings (SSSR count). The predicted molar refractivity (Wildman–Crippen MR) is 105 cm³/mol. The molecule has 2 N–H and O–H groups in total. The highest BCUT2D eigenvalue weighted by Gasteiger charge is 2.10. The Bertz CT molecular complexity index is 1130. The Hall–Kier alpha value is -4.00. The highest BCUT2D eigenvalue weighted by molar-refractivity contribution is 5.96. The number of hydrazine groups is 1. The number of nitrogens with one attached hydrogen (secondary N) is 2. The molecule has 1 aromatic heterocycles. The minimum atomic E-state index is -0.409. The molecule has 0 spiro atoms. The van der Waals surface area contributed by atoms with Crippen molar-refractivity contribution >= 4 is 22.6 Å². The summed E-state index contributed by atoms with van der Waals surface area (Å²) in [6, 6.07) is 20.6. The molecule has 0 aliphatic carbocycles. The zero-order chi connectivity index (χ0) is 19.3. The van der Waals surface area contributed by atoms with Gasteiger partial charge in [0.05, 0.1) is 24.5 Å². The minimum absolute atomic E-state index is 0.167. The molecule has 0 saturated carbocycles. The van der Waals surface area contributed by atoms with Crippen LogP contribution in [0.5, 0.6) is 0 Å². The van der Waals surface area contributed by atoms with Crippen molar-refractivity contribution in [2.75, 3.05) is 0 Å². The molecule has 138 valence electrons. The molecule has 2 amide bonds. The zero-order valence-electron chi connectivity index (χ0n) is 14.9. The number of fused-ring (bicyclic) bond motifs is 1. The molecule has 0 fully saturated rings. The Morgan fingerprint density at radius 2 is 1.75 bits per heavy atom. The van der Waals surface area contributed by atoms with Crippen LogP contribution in [0.2, 0.25) is 0 Å². The number of rotatable bonds is 4. The van der Waals surface area contributed by atoms with Crippen LogP contribution in [0.25, 0.3) is 16.5 Å². The number of nitrogens with zero attached hydrogens (tertiary/aromatic N) is 3. The van der Waals surface area contributed by atoms with Crippen LogP contribution in [0, 0.1) is 0 Å². The van der Waals surface area contributed by atoms with Crippen LogP contribution in [0.1, 0.15) is 15.9 Å². The third kappa shape index (κ3) is 3.73. The Balaban J connectivity index is 1.41. The first-order valence-corrected chi connectivity index (χ1v) is 8.73. The summed E-state index contributed by atoms with van der Waals surface area (Å²) in [5, 5.41) is 9.74. The molecule has 0 radical (unpaired) electrons. The molecule has 7 nitrogen and oxygen atoms in total. The van der Waals surface area contributed by atoms with Gasteiger partial charge in [-0.1, -0.05) is 53.7 Å². The van der Waals surface area contributed by atoms with Gasteiger partial charge in [-0.05, 0) is 34.5 Å². The number of hydrogen-bond acceptors (Lipinski definition) is 4. The fourth-order valence-electron chi connectivity index (χ4n) is 3.00. The topological polar surface area (TPSA) is 88.9 Å².